The summed E-state index contributed by atoms with van der Waals surface area (Å²) >= 11 is 0. The van der Waals surface area contributed by atoms with E-state index >= 15 is 0 Å². The minimum atomic E-state index is -2.91. The monoisotopic (exact) mass is 453 g/mol. The number of hydrogen-bond donors (Lipinski definition) is 1. The van der Waals surface area contributed by atoms with E-state index in [0.717, 1.165) is 40.4 Å². The number of rotatable bonds is 3. The number of amides is 1. The Morgan fingerprint density at radius 2 is 2.03 bits per heavy atom. The third-order valence-corrected chi connectivity index (χ3v) is 6.62. The van der Waals surface area contributed by atoms with Crippen LogP contribution in [-0.4, -0.2) is 35.1 Å². The van der Waals surface area contributed by atoms with Gasteiger partial charge in [0.05, 0.1) is 24.8 Å². The van der Waals surface area contributed by atoms with Crippen molar-refractivity contribution < 1.29 is 27.8 Å². The number of anilines is 1. The molecule has 9 heteroatoms. The molecule has 0 spiro atoms. The van der Waals surface area contributed by atoms with Gasteiger partial charge in [0, 0.05) is 34.7 Å². The number of carbonyl (C=O) groups is 1. The summed E-state index contributed by atoms with van der Waals surface area (Å²) in [5, 5.41) is 0.868. The Morgan fingerprint density at radius 3 is 2.88 bits per heavy atom. The van der Waals surface area contributed by atoms with E-state index in [1.807, 2.05) is 17.0 Å². The number of halogens is 2. The number of ether oxygens (including phenoxy) is 3. The average Bonchev–Trinajstić information content (AvgIpc) is 3.43. The fourth-order valence-electron chi connectivity index (χ4n) is 5.15. The zero-order chi connectivity index (χ0) is 22.7. The maximum atomic E-state index is 13.6. The topological polar surface area (TPSA) is 86.9 Å². The van der Waals surface area contributed by atoms with Gasteiger partial charge in [0.2, 0.25) is 0 Å². The van der Waals surface area contributed by atoms with Crippen LogP contribution in [0.1, 0.15) is 45.9 Å². The Bertz CT molecular complexity index is 1280. The van der Waals surface area contributed by atoms with Crippen molar-refractivity contribution in [3.05, 3.63) is 58.7 Å². The highest BCUT2D eigenvalue weighted by molar-refractivity contribution is 5.99. The molecule has 6 rings (SSSR count). The summed E-state index contributed by atoms with van der Waals surface area (Å²) in [7, 11) is 0. The Balaban J connectivity index is 1.35. The van der Waals surface area contributed by atoms with Crippen molar-refractivity contribution in [3.8, 4) is 11.5 Å². The Morgan fingerprint density at radius 1 is 1.18 bits per heavy atom. The van der Waals surface area contributed by atoms with Crippen molar-refractivity contribution in [2.75, 3.05) is 12.3 Å². The van der Waals surface area contributed by atoms with E-state index in [1.54, 1.807) is 12.1 Å². The van der Waals surface area contributed by atoms with Gasteiger partial charge >= 0.3 is 6.61 Å². The molecule has 2 atom stereocenters. The van der Waals surface area contributed by atoms with Crippen molar-refractivity contribution in [2.24, 2.45) is 0 Å². The summed E-state index contributed by atoms with van der Waals surface area (Å²) in [6.45, 7) is -1.47. The number of alkyl halides is 2. The van der Waals surface area contributed by atoms with Crippen LogP contribution in [0.4, 0.5) is 14.6 Å². The SMILES string of the molecule is Nc1nc2ccc(C(=O)N3CCC[C@@H]4Oc5cc(OC(F)F)ccc5[C@@H]43)cc2c2c1COC2. The first-order valence-electron chi connectivity index (χ1n) is 10.8. The lowest BCUT2D eigenvalue weighted by atomic mass is 9.93. The second kappa shape index (κ2) is 7.55. The van der Waals surface area contributed by atoms with Crippen molar-refractivity contribution >= 4 is 22.6 Å². The van der Waals surface area contributed by atoms with Crippen molar-refractivity contribution in [1.82, 2.24) is 9.88 Å². The second-order valence-corrected chi connectivity index (χ2v) is 8.50. The third-order valence-electron chi connectivity index (χ3n) is 6.62. The molecule has 4 heterocycles. The average molecular weight is 453 g/mol. The zero-order valence-corrected chi connectivity index (χ0v) is 17.6. The molecule has 0 unspecified atom stereocenters. The second-order valence-electron chi connectivity index (χ2n) is 8.50. The highest BCUT2D eigenvalue weighted by Crippen LogP contribution is 2.46. The van der Waals surface area contributed by atoms with Gasteiger partial charge in [0.1, 0.15) is 23.4 Å². The van der Waals surface area contributed by atoms with E-state index in [4.69, 9.17) is 15.2 Å². The predicted octanol–water partition coefficient (Wildman–Crippen LogP) is 4.19. The molecule has 3 aromatic rings. The largest absolute Gasteiger partial charge is 0.487 e. The molecule has 3 aliphatic heterocycles. The number of nitrogens with two attached hydrogens (primary N) is 1. The number of pyridine rings is 1. The first-order chi connectivity index (χ1) is 16.0. The molecule has 1 fully saturated rings. The quantitative estimate of drug-likeness (QED) is 0.640. The smallest absolute Gasteiger partial charge is 0.387 e. The van der Waals surface area contributed by atoms with Crippen LogP contribution >= 0.6 is 0 Å². The van der Waals surface area contributed by atoms with Gasteiger partial charge in [-0.1, -0.05) is 0 Å². The molecular formula is C24H21F2N3O4. The Labute approximate surface area is 188 Å². The van der Waals surface area contributed by atoms with Crippen LogP contribution in [0.3, 0.4) is 0 Å². The Kier molecular flexibility index (Phi) is 4.62. The van der Waals surface area contributed by atoms with Gasteiger partial charge in [-0.25, -0.2) is 4.98 Å². The standard InChI is InChI=1S/C24H21F2N3O4/c25-24(26)32-13-4-5-14-20(9-13)33-19-2-1-7-29(21(14)19)23(30)12-3-6-18-15(8-12)16-10-31-11-17(16)22(27)28-18/h3-6,8-9,19,21,24H,1-2,7,10-11H2,(H2,27,28)/t19-,21-/m0/s1. The van der Waals surface area contributed by atoms with Crippen LogP contribution in [0, 0.1) is 0 Å². The van der Waals surface area contributed by atoms with Gasteiger partial charge in [-0.15, -0.1) is 0 Å². The van der Waals surface area contributed by atoms with Gasteiger partial charge in [0.15, 0.2) is 0 Å². The predicted molar refractivity (Wildman–Crippen MR) is 115 cm³/mol. The zero-order valence-electron chi connectivity index (χ0n) is 17.6. The van der Waals surface area contributed by atoms with Gasteiger partial charge in [-0.3, -0.25) is 4.79 Å². The molecule has 0 radical (unpaired) electrons. The summed E-state index contributed by atoms with van der Waals surface area (Å²) in [6.07, 6.45) is 1.34. The molecule has 2 N–H and O–H groups in total. The Hall–Kier alpha value is -3.46. The van der Waals surface area contributed by atoms with E-state index < -0.39 is 6.61 Å². The molecule has 0 saturated carbocycles. The molecule has 7 nitrogen and oxygen atoms in total. The molecule has 1 aromatic heterocycles. The van der Waals surface area contributed by atoms with Gasteiger partial charge < -0.3 is 24.8 Å². The molecule has 2 aromatic carbocycles. The summed E-state index contributed by atoms with van der Waals surface area (Å²) in [5.41, 5.74) is 10.0. The lowest BCUT2D eigenvalue weighted by molar-refractivity contribution is -0.0499. The summed E-state index contributed by atoms with van der Waals surface area (Å²) < 4.78 is 41.3. The fraction of sp³-hybridized carbons (Fsp3) is 0.333. The van der Waals surface area contributed by atoms with Crippen LogP contribution in [0.15, 0.2) is 36.4 Å². The number of nitrogens with zero attached hydrogens (tertiary/aromatic N) is 2. The minimum Gasteiger partial charge on any atom is -0.487 e. The highest BCUT2D eigenvalue weighted by Gasteiger charge is 2.43. The number of aromatic nitrogens is 1. The third kappa shape index (κ3) is 3.26. The van der Waals surface area contributed by atoms with Crippen LogP contribution in [0.25, 0.3) is 10.9 Å². The van der Waals surface area contributed by atoms with Crippen LogP contribution < -0.4 is 15.2 Å². The molecule has 1 saturated heterocycles. The molecule has 0 bridgehead atoms. The normalized spacial score (nSPS) is 21.0. The lowest BCUT2D eigenvalue weighted by Gasteiger charge is -2.36. The van der Waals surface area contributed by atoms with E-state index in [1.165, 1.54) is 12.1 Å². The van der Waals surface area contributed by atoms with Gasteiger partial charge in [-0.2, -0.15) is 8.78 Å². The van der Waals surface area contributed by atoms with Crippen LogP contribution in [0.2, 0.25) is 0 Å². The van der Waals surface area contributed by atoms with Crippen molar-refractivity contribution in [3.63, 3.8) is 0 Å². The number of likely N-dealkylation sites (tertiary alicyclic amines) is 1. The molecular weight excluding hydrogens is 432 g/mol. The van der Waals surface area contributed by atoms with E-state index in [9.17, 15) is 13.6 Å². The molecule has 0 aliphatic carbocycles. The highest BCUT2D eigenvalue weighted by atomic mass is 19.3. The number of benzene rings is 2. The van der Waals surface area contributed by atoms with E-state index in [2.05, 4.69) is 9.72 Å². The fourth-order valence-corrected chi connectivity index (χ4v) is 5.15. The van der Waals surface area contributed by atoms with Crippen LogP contribution in [0.5, 0.6) is 11.5 Å². The number of piperidine rings is 1. The van der Waals surface area contributed by atoms with E-state index in [0.29, 0.717) is 36.9 Å². The molecule has 170 valence electrons. The molecule has 1 amide bonds. The number of hydrogen-bond acceptors (Lipinski definition) is 6. The van der Waals surface area contributed by atoms with Crippen molar-refractivity contribution in [2.45, 2.75) is 44.8 Å². The maximum Gasteiger partial charge on any atom is 0.387 e. The number of carbonyl (C=O) groups excluding carboxylic acids is 1. The van der Waals surface area contributed by atoms with E-state index in [-0.39, 0.29) is 23.8 Å². The molecule has 33 heavy (non-hydrogen) atoms. The first-order valence-corrected chi connectivity index (χ1v) is 10.8. The lowest BCUT2D eigenvalue weighted by Crippen LogP contribution is -2.44. The number of fused-ring (bicyclic) bond motifs is 6. The maximum absolute atomic E-state index is 13.6. The van der Waals surface area contributed by atoms with Gasteiger partial charge in [0.25, 0.3) is 5.91 Å². The number of nitrogen functional groups attached to an aromatic ring is 1. The van der Waals surface area contributed by atoms with Crippen molar-refractivity contribution in [1.29, 1.82) is 0 Å². The summed E-state index contributed by atoms with van der Waals surface area (Å²) in [5.74, 6) is 0.872. The first kappa shape index (κ1) is 20.2. The van der Waals surface area contributed by atoms with Gasteiger partial charge in [-0.05, 0) is 48.7 Å². The minimum absolute atomic E-state index is 0.0395. The van der Waals surface area contributed by atoms with Crippen LogP contribution in [-0.2, 0) is 18.0 Å². The summed E-state index contributed by atoms with van der Waals surface area (Å²) in [4.78, 5) is 19.9. The summed E-state index contributed by atoms with van der Waals surface area (Å²) in [6, 6.07) is 9.82. The molecule has 3 aliphatic rings.